The Morgan fingerprint density at radius 2 is 1.97 bits per heavy atom. The first kappa shape index (κ1) is 21.1. The van der Waals surface area contributed by atoms with E-state index in [1.807, 2.05) is 0 Å². The third-order valence-corrected chi connectivity index (χ3v) is 5.72. The number of hydrogen-bond donors (Lipinski definition) is 2. The lowest BCUT2D eigenvalue weighted by Gasteiger charge is -2.26. The summed E-state index contributed by atoms with van der Waals surface area (Å²) in [5.41, 5.74) is 13.1. The van der Waals surface area contributed by atoms with Crippen LogP contribution in [-0.2, 0) is 4.79 Å². The van der Waals surface area contributed by atoms with Crippen molar-refractivity contribution in [3.05, 3.63) is 71.3 Å². The monoisotopic (exact) mass is 452 g/mol. The van der Waals surface area contributed by atoms with Crippen LogP contribution in [0.3, 0.4) is 0 Å². The predicted octanol–water partition coefficient (Wildman–Crippen LogP) is 3.16. The second-order valence-electron chi connectivity index (χ2n) is 6.78. The quantitative estimate of drug-likeness (QED) is 0.407. The summed E-state index contributed by atoms with van der Waals surface area (Å²) >= 11 is 0.959. The third-order valence-electron chi connectivity index (χ3n) is 4.65. The largest absolute Gasteiger partial charge is 0.382 e. The lowest BCUT2D eigenvalue weighted by molar-refractivity contribution is -0.118. The van der Waals surface area contributed by atoms with E-state index in [1.54, 1.807) is 31.5 Å². The van der Waals surface area contributed by atoms with E-state index in [0.29, 0.717) is 16.9 Å². The zero-order valence-corrected chi connectivity index (χ0v) is 17.5. The molecule has 0 fully saturated rings. The van der Waals surface area contributed by atoms with Gasteiger partial charge in [0, 0.05) is 29.7 Å². The topological polar surface area (TPSA) is 141 Å². The molecule has 1 amide bonds. The first-order chi connectivity index (χ1) is 15.3. The van der Waals surface area contributed by atoms with Crippen molar-refractivity contribution >= 4 is 39.7 Å². The molecule has 4 N–H and O–H groups in total. The van der Waals surface area contributed by atoms with Crippen LogP contribution in [0.2, 0.25) is 0 Å². The Balaban J connectivity index is 1.69. The van der Waals surface area contributed by atoms with Gasteiger partial charge in [0.25, 0.3) is 0 Å². The first-order valence-electron chi connectivity index (χ1n) is 9.37. The van der Waals surface area contributed by atoms with Gasteiger partial charge < -0.3 is 20.9 Å². The zero-order chi connectivity index (χ0) is 22.8. The van der Waals surface area contributed by atoms with Crippen LogP contribution >= 0.6 is 11.3 Å². The Morgan fingerprint density at radius 3 is 2.62 bits per heavy atom. The molecule has 9 nitrogen and oxygen atoms in total. The Morgan fingerprint density at radius 1 is 1.22 bits per heavy atom. The van der Waals surface area contributed by atoms with Crippen LogP contribution in [0.25, 0.3) is 11.3 Å². The highest BCUT2D eigenvalue weighted by Crippen LogP contribution is 2.36. The maximum absolute atomic E-state index is 13.4. The van der Waals surface area contributed by atoms with E-state index < -0.39 is 23.5 Å². The van der Waals surface area contributed by atoms with Crippen molar-refractivity contribution in [2.75, 3.05) is 10.6 Å². The molecule has 162 valence electrons. The number of ketones is 1. The molecule has 0 radical (unpaired) electrons. The molecule has 0 aliphatic rings. The Bertz CT molecular complexity index is 1270. The number of rotatable bonds is 7. The maximum atomic E-state index is 13.4. The summed E-state index contributed by atoms with van der Waals surface area (Å²) in [7, 11) is 0. The maximum Gasteiger partial charge on any atom is 0.244 e. The molecule has 11 heteroatoms. The van der Waals surface area contributed by atoms with Gasteiger partial charge in [-0.3, -0.25) is 14.6 Å². The first-order valence-corrected chi connectivity index (χ1v) is 10.2. The lowest BCUT2D eigenvalue weighted by Crippen LogP contribution is -2.39. The van der Waals surface area contributed by atoms with Crippen molar-refractivity contribution in [3.8, 4) is 11.3 Å². The number of carbonyl (C=O) groups excluding carboxylic acids is 2. The molecular weight excluding hydrogens is 435 g/mol. The van der Waals surface area contributed by atoms with Crippen molar-refractivity contribution in [2.45, 2.75) is 13.0 Å². The second kappa shape index (κ2) is 8.55. The van der Waals surface area contributed by atoms with E-state index >= 15 is 0 Å². The summed E-state index contributed by atoms with van der Waals surface area (Å²) in [6.45, 7) is 1.57. The Labute approximate surface area is 185 Å². The summed E-state index contributed by atoms with van der Waals surface area (Å²) in [5.74, 6) is -1.66. The van der Waals surface area contributed by atoms with Crippen molar-refractivity contribution < 1.29 is 18.5 Å². The molecule has 0 aliphatic heterocycles. The summed E-state index contributed by atoms with van der Waals surface area (Å²) in [6, 6.07) is 9.61. The van der Waals surface area contributed by atoms with Gasteiger partial charge in [0.2, 0.25) is 17.5 Å². The van der Waals surface area contributed by atoms with Gasteiger partial charge in [-0.15, -0.1) is 0 Å². The predicted molar refractivity (Wildman–Crippen MR) is 117 cm³/mol. The smallest absolute Gasteiger partial charge is 0.244 e. The lowest BCUT2D eigenvalue weighted by atomic mass is 10.2. The number of pyridine rings is 1. The van der Waals surface area contributed by atoms with E-state index in [1.165, 1.54) is 35.2 Å². The number of hydrogen-bond acceptors (Lipinski definition) is 9. The molecule has 3 heterocycles. The van der Waals surface area contributed by atoms with Gasteiger partial charge in [-0.25, -0.2) is 9.37 Å². The van der Waals surface area contributed by atoms with Gasteiger partial charge in [-0.05, 0) is 43.3 Å². The second-order valence-corrected chi connectivity index (χ2v) is 7.76. The van der Waals surface area contributed by atoms with Crippen LogP contribution in [0, 0.1) is 5.82 Å². The van der Waals surface area contributed by atoms with E-state index in [4.69, 9.17) is 16.0 Å². The molecule has 4 rings (SSSR count). The number of nitrogens with two attached hydrogens (primary N) is 2. The van der Waals surface area contributed by atoms with Crippen molar-refractivity contribution in [1.82, 2.24) is 15.1 Å². The highest BCUT2D eigenvalue weighted by Gasteiger charge is 2.28. The van der Waals surface area contributed by atoms with E-state index in [0.717, 1.165) is 11.3 Å². The number of halogens is 1. The number of thiazole rings is 1. The molecule has 4 aromatic rings. The normalized spacial score (nSPS) is 11.8. The van der Waals surface area contributed by atoms with Gasteiger partial charge in [-0.1, -0.05) is 16.5 Å². The van der Waals surface area contributed by atoms with Crippen LogP contribution in [0.1, 0.15) is 22.4 Å². The van der Waals surface area contributed by atoms with Crippen LogP contribution in [-0.4, -0.2) is 32.9 Å². The number of primary amides is 1. The van der Waals surface area contributed by atoms with Gasteiger partial charge in [0.1, 0.15) is 28.2 Å². The van der Waals surface area contributed by atoms with Crippen LogP contribution in [0.4, 0.5) is 21.0 Å². The van der Waals surface area contributed by atoms with Gasteiger partial charge in [0.05, 0.1) is 0 Å². The molecule has 1 aromatic carbocycles. The molecule has 1 unspecified atom stereocenters. The summed E-state index contributed by atoms with van der Waals surface area (Å²) in [5, 5.41) is 4.16. The molecule has 32 heavy (non-hydrogen) atoms. The summed E-state index contributed by atoms with van der Waals surface area (Å²) < 4.78 is 18.6. The van der Waals surface area contributed by atoms with Crippen molar-refractivity contribution in [3.63, 3.8) is 0 Å². The molecule has 0 aliphatic carbocycles. The Hall–Kier alpha value is -4.12. The standard InChI is InChI=1S/C21H17FN6O3S/c1-11(20(24)30)28(14-6-4-13(22)5-7-14)21-26-19(23)18(32-21)17(29)16-9-15(27-31-16)12-3-2-8-25-10-12/h2-11H,23H2,1H3,(H2,24,30). The minimum atomic E-state index is -0.837. The molecule has 0 saturated heterocycles. The Kier molecular flexibility index (Phi) is 5.65. The molecule has 0 saturated carbocycles. The molecule has 3 aromatic heterocycles. The average molecular weight is 452 g/mol. The number of amides is 1. The average Bonchev–Trinajstić information content (AvgIpc) is 3.43. The molecule has 0 spiro atoms. The summed E-state index contributed by atoms with van der Waals surface area (Å²) in [6.07, 6.45) is 3.21. The highest BCUT2D eigenvalue weighted by molar-refractivity contribution is 7.18. The zero-order valence-electron chi connectivity index (χ0n) is 16.7. The van der Waals surface area contributed by atoms with Crippen LogP contribution in [0.5, 0.6) is 0 Å². The number of aromatic nitrogens is 3. The number of nitrogen functional groups attached to an aromatic ring is 1. The fourth-order valence-corrected chi connectivity index (χ4v) is 3.99. The number of anilines is 3. The van der Waals surface area contributed by atoms with Crippen molar-refractivity contribution in [1.29, 1.82) is 0 Å². The fourth-order valence-electron chi connectivity index (χ4n) is 2.96. The number of carbonyl (C=O) groups is 2. The molecule has 0 bridgehead atoms. The summed E-state index contributed by atoms with van der Waals surface area (Å²) in [4.78, 5) is 34.8. The number of nitrogens with zero attached hydrogens (tertiary/aromatic N) is 4. The molecule has 1 atom stereocenters. The van der Waals surface area contributed by atoms with Crippen LogP contribution in [0.15, 0.2) is 59.4 Å². The van der Waals surface area contributed by atoms with Gasteiger partial charge in [0.15, 0.2) is 5.13 Å². The third kappa shape index (κ3) is 4.05. The van der Waals surface area contributed by atoms with E-state index in [-0.39, 0.29) is 21.6 Å². The SMILES string of the molecule is CC(C(N)=O)N(c1ccc(F)cc1)c1nc(N)c(C(=O)c2cc(-c3cccnc3)no2)s1. The number of benzene rings is 1. The highest BCUT2D eigenvalue weighted by atomic mass is 32.1. The molecular formula is C21H17FN6O3S. The fraction of sp³-hybridized carbons (Fsp3) is 0.0952. The van der Waals surface area contributed by atoms with E-state index in [9.17, 15) is 14.0 Å². The minimum Gasteiger partial charge on any atom is -0.382 e. The van der Waals surface area contributed by atoms with Crippen LogP contribution < -0.4 is 16.4 Å². The van der Waals surface area contributed by atoms with Crippen molar-refractivity contribution in [2.24, 2.45) is 5.73 Å². The van der Waals surface area contributed by atoms with Gasteiger partial charge >= 0.3 is 0 Å². The minimum absolute atomic E-state index is 0.0259. The van der Waals surface area contributed by atoms with Gasteiger partial charge in [-0.2, -0.15) is 0 Å². The van der Waals surface area contributed by atoms with E-state index in [2.05, 4.69) is 15.1 Å².